The van der Waals surface area contributed by atoms with Crippen LogP contribution in [0.5, 0.6) is 0 Å². The molecule has 21 heavy (non-hydrogen) atoms. The second-order valence-electron chi connectivity index (χ2n) is 4.00. The van der Waals surface area contributed by atoms with Crippen LogP contribution in [0.3, 0.4) is 0 Å². The Morgan fingerprint density at radius 3 is 0.905 bits per heavy atom. The summed E-state index contributed by atoms with van der Waals surface area (Å²) < 4.78 is 0. The Kier molecular flexibility index (Phi) is 13.0. The number of hydrogen-bond acceptors (Lipinski definition) is 6. The third-order valence-corrected chi connectivity index (χ3v) is 2.17. The fourth-order valence-corrected chi connectivity index (χ4v) is 1.48. The van der Waals surface area contributed by atoms with Crippen LogP contribution >= 0.6 is 0 Å². The smallest absolute Gasteiger partial charge is 0.480 e. The van der Waals surface area contributed by atoms with Gasteiger partial charge in [-0.1, -0.05) is 0 Å². The first-order chi connectivity index (χ1) is 9.20. The van der Waals surface area contributed by atoms with E-state index < -0.39 is 50.1 Å². The van der Waals surface area contributed by atoms with Gasteiger partial charge in [-0.25, -0.2) is 0 Å². The molecule has 4 N–H and O–H groups in total. The molecule has 0 aromatic rings. The first-order valence-corrected chi connectivity index (χ1v) is 5.52. The molecule has 11 heteroatoms. The third-order valence-electron chi connectivity index (χ3n) is 2.17. The summed E-state index contributed by atoms with van der Waals surface area (Å²) in [7, 11) is 0. The van der Waals surface area contributed by atoms with Crippen LogP contribution in [-0.4, -0.2) is 93.4 Å². The average molecular weight is 331 g/mol. The number of carbonyl (C=O) groups is 4. The molecule has 10 nitrogen and oxygen atoms in total. The molecule has 0 saturated heterocycles. The van der Waals surface area contributed by atoms with Crippen LogP contribution < -0.4 is 51.4 Å². The second-order valence-corrected chi connectivity index (χ2v) is 4.00. The quantitative estimate of drug-likeness (QED) is 0.270. The zero-order chi connectivity index (χ0) is 15.7. The molecule has 0 saturated carbocycles. The molecule has 0 amide bonds. The maximum atomic E-state index is 10.6. The Morgan fingerprint density at radius 2 is 0.762 bits per heavy atom. The predicted molar refractivity (Wildman–Crippen MR) is 63.4 cm³/mol. The summed E-state index contributed by atoms with van der Waals surface area (Å²) in [5, 5.41) is 34.5. The number of nitrogens with zero attached hydrogens (tertiary/aromatic N) is 2. The van der Waals surface area contributed by atoms with Crippen LogP contribution in [-0.2, 0) is 19.2 Å². The van der Waals surface area contributed by atoms with Crippen LogP contribution in [0.15, 0.2) is 0 Å². The summed E-state index contributed by atoms with van der Waals surface area (Å²) in [6.45, 7) is -2.25. The molecule has 0 aliphatic heterocycles. The zero-order valence-corrected chi connectivity index (χ0v) is 14.7. The molecule has 0 bridgehead atoms. The molecule has 0 rings (SSSR count). The standard InChI is InChI=1S/C10H16N2O8.K/c13-7(14)3-11(4-8(15)16)1-2-12(5-9(17)18)6-10(19)20;/h1-6H2,(H,13,14)(H,15,16)(H,17,18)(H,19,20);/q;+1. The molecule has 0 spiro atoms. The van der Waals surface area contributed by atoms with Gasteiger partial charge in [0.25, 0.3) is 0 Å². The first-order valence-electron chi connectivity index (χ1n) is 5.52. The predicted octanol–water partition coefficient (Wildman–Crippen LogP) is -5.07. The minimum absolute atomic E-state index is 0. The van der Waals surface area contributed by atoms with Gasteiger partial charge in [-0.15, -0.1) is 0 Å². The number of carboxylic acid groups (broad SMARTS) is 4. The maximum absolute atomic E-state index is 10.6. The van der Waals surface area contributed by atoms with Crippen molar-refractivity contribution in [3.8, 4) is 0 Å². The normalized spacial score (nSPS) is 10.2. The van der Waals surface area contributed by atoms with Crippen molar-refractivity contribution in [1.29, 1.82) is 0 Å². The van der Waals surface area contributed by atoms with Gasteiger partial charge in [-0.3, -0.25) is 29.0 Å². The zero-order valence-electron chi connectivity index (χ0n) is 11.6. The van der Waals surface area contributed by atoms with Crippen molar-refractivity contribution in [3.63, 3.8) is 0 Å². The van der Waals surface area contributed by atoms with E-state index in [-0.39, 0.29) is 64.5 Å². The van der Waals surface area contributed by atoms with Gasteiger partial charge >= 0.3 is 75.3 Å². The summed E-state index contributed by atoms with van der Waals surface area (Å²) in [5.74, 6) is -4.91. The molecular weight excluding hydrogens is 315 g/mol. The van der Waals surface area contributed by atoms with Crippen molar-refractivity contribution >= 4 is 23.9 Å². The number of hydrogen-bond donors (Lipinski definition) is 4. The van der Waals surface area contributed by atoms with Crippen molar-refractivity contribution in [2.24, 2.45) is 0 Å². The van der Waals surface area contributed by atoms with E-state index in [1.165, 1.54) is 0 Å². The van der Waals surface area contributed by atoms with Gasteiger partial charge in [0.15, 0.2) is 0 Å². The fraction of sp³-hybridized carbons (Fsp3) is 0.600. The van der Waals surface area contributed by atoms with E-state index in [0.29, 0.717) is 0 Å². The van der Waals surface area contributed by atoms with Crippen LogP contribution in [0, 0.1) is 0 Å². The topological polar surface area (TPSA) is 156 Å². The van der Waals surface area contributed by atoms with Crippen molar-refractivity contribution in [2.45, 2.75) is 0 Å². The van der Waals surface area contributed by atoms with Crippen LogP contribution in [0.25, 0.3) is 0 Å². The van der Waals surface area contributed by atoms with Crippen LogP contribution in [0.4, 0.5) is 0 Å². The van der Waals surface area contributed by atoms with E-state index in [0.717, 1.165) is 9.80 Å². The average Bonchev–Trinajstić information content (AvgIpc) is 2.22. The van der Waals surface area contributed by atoms with Crippen molar-refractivity contribution < 1.29 is 91.0 Å². The summed E-state index contributed by atoms with van der Waals surface area (Å²) in [6.07, 6.45) is 0. The molecule has 0 atom stereocenters. The summed E-state index contributed by atoms with van der Waals surface area (Å²) in [4.78, 5) is 44.4. The Morgan fingerprint density at radius 1 is 0.571 bits per heavy atom. The van der Waals surface area contributed by atoms with E-state index in [1.54, 1.807) is 0 Å². The minimum atomic E-state index is -1.23. The second kappa shape index (κ2) is 12.0. The van der Waals surface area contributed by atoms with E-state index in [9.17, 15) is 19.2 Å². The molecule has 0 aliphatic carbocycles. The van der Waals surface area contributed by atoms with E-state index in [2.05, 4.69) is 0 Å². The largest absolute Gasteiger partial charge is 1.00 e. The molecule has 0 aromatic carbocycles. The van der Waals surface area contributed by atoms with Gasteiger partial charge < -0.3 is 20.4 Å². The van der Waals surface area contributed by atoms with Gasteiger partial charge in [0.05, 0.1) is 26.2 Å². The summed E-state index contributed by atoms with van der Waals surface area (Å²) in [6, 6.07) is 0. The molecule has 0 fully saturated rings. The Bertz CT molecular complexity index is 321. The Labute approximate surface area is 162 Å². The monoisotopic (exact) mass is 331 g/mol. The minimum Gasteiger partial charge on any atom is -0.480 e. The Balaban J connectivity index is 0. The summed E-state index contributed by atoms with van der Waals surface area (Å²) >= 11 is 0. The number of carboxylic acids is 4. The van der Waals surface area contributed by atoms with E-state index in [1.807, 2.05) is 0 Å². The van der Waals surface area contributed by atoms with Crippen molar-refractivity contribution in [2.75, 3.05) is 39.3 Å². The van der Waals surface area contributed by atoms with Gasteiger partial charge in [0.2, 0.25) is 0 Å². The van der Waals surface area contributed by atoms with Crippen LogP contribution in [0.1, 0.15) is 0 Å². The van der Waals surface area contributed by atoms with Gasteiger partial charge in [0, 0.05) is 13.1 Å². The Hall–Kier alpha value is -0.564. The molecular formula is C10H16KN2O8+. The maximum Gasteiger partial charge on any atom is 1.00 e. The fourth-order valence-electron chi connectivity index (χ4n) is 1.48. The van der Waals surface area contributed by atoms with Crippen molar-refractivity contribution in [1.82, 2.24) is 9.80 Å². The molecule has 0 radical (unpaired) electrons. The molecule has 0 heterocycles. The van der Waals surface area contributed by atoms with E-state index in [4.69, 9.17) is 20.4 Å². The van der Waals surface area contributed by atoms with Crippen LogP contribution in [0.2, 0.25) is 0 Å². The molecule has 0 unspecified atom stereocenters. The summed E-state index contributed by atoms with van der Waals surface area (Å²) in [5.41, 5.74) is 0. The van der Waals surface area contributed by atoms with Crippen molar-refractivity contribution in [3.05, 3.63) is 0 Å². The number of aliphatic carboxylic acids is 4. The molecule has 114 valence electrons. The van der Waals surface area contributed by atoms with Gasteiger partial charge in [-0.2, -0.15) is 0 Å². The molecule has 0 aliphatic rings. The SMILES string of the molecule is O=C(O)CN(CCN(CC(=O)O)CC(=O)O)CC(=O)O.[K+]. The number of rotatable bonds is 11. The van der Waals surface area contributed by atoms with E-state index >= 15 is 0 Å². The third kappa shape index (κ3) is 14.1. The van der Waals surface area contributed by atoms with Gasteiger partial charge in [-0.05, 0) is 0 Å². The first kappa shape index (κ1) is 22.7. The van der Waals surface area contributed by atoms with Gasteiger partial charge in [0.1, 0.15) is 0 Å². The molecule has 0 aromatic heterocycles.